The summed E-state index contributed by atoms with van der Waals surface area (Å²) in [5, 5.41) is 0. The number of hydrogen-bond donors (Lipinski definition) is 0. The molecule has 0 unspecified atom stereocenters. The summed E-state index contributed by atoms with van der Waals surface area (Å²) in [6, 6.07) is 23.2. The Morgan fingerprint density at radius 2 is 1.57 bits per heavy atom. The van der Waals surface area contributed by atoms with E-state index in [0.717, 1.165) is 36.1 Å². The van der Waals surface area contributed by atoms with Gasteiger partial charge in [-0.2, -0.15) is 0 Å². The van der Waals surface area contributed by atoms with Crippen LogP contribution in [0.15, 0.2) is 83.5 Å². The van der Waals surface area contributed by atoms with Crippen LogP contribution in [0.25, 0.3) is 0 Å². The van der Waals surface area contributed by atoms with Gasteiger partial charge in [0, 0.05) is 0 Å². The van der Waals surface area contributed by atoms with Gasteiger partial charge in [0.15, 0.2) is 6.10 Å². The topological polar surface area (TPSA) is 48.7 Å². The zero-order valence-corrected chi connectivity index (χ0v) is 16.1. The van der Waals surface area contributed by atoms with E-state index < -0.39 is 12.1 Å². The first-order chi connectivity index (χ1) is 13.8. The maximum Gasteiger partial charge on any atom is 0.333 e. The molecule has 0 saturated heterocycles. The SMILES string of the molecule is CCCC[C@H](OCC(=O)OC(c1ccccc1)c1ccccc1)c1ccco1. The number of carbonyl (C=O) groups is 1. The standard InChI is InChI=1S/C24H26O4/c1-2-3-15-22(21-16-10-17-26-21)27-18-23(25)28-24(19-11-6-4-7-12-19)20-13-8-5-9-14-20/h4-14,16-17,22,24H,2-3,15,18H2,1H3/t22-/m0/s1. The molecule has 1 aromatic heterocycles. The molecule has 28 heavy (non-hydrogen) atoms. The fourth-order valence-electron chi connectivity index (χ4n) is 3.09. The molecular weight excluding hydrogens is 352 g/mol. The molecule has 0 aliphatic carbocycles. The molecule has 0 aliphatic heterocycles. The molecule has 0 saturated carbocycles. The van der Waals surface area contributed by atoms with Crippen LogP contribution in [0.4, 0.5) is 0 Å². The fraction of sp³-hybridized carbons (Fsp3) is 0.292. The molecule has 1 atom stereocenters. The van der Waals surface area contributed by atoms with Gasteiger partial charge in [0.25, 0.3) is 0 Å². The number of furan rings is 1. The number of carbonyl (C=O) groups excluding carboxylic acids is 1. The van der Waals surface area contributed by atoms with Gasteiger partial charge in [-0.15, -0.1) is 0 Å². The van der Waals surface area contributed by atoms with Gasteiger partial charge >= 0.3 is 5.97 Å². The largest absolute Gasteiger partial charge is 0.467 e. The quantitative estimate of drug-likeness (QED) is 0.415. The molecule has 0 amide bonds. The van der Waals surface area contributed by atoms with Crippen LogP contribution in [0.5, 0.6) is 0 Å². The Labute approximate surface area is 166 Å². The molecule has 146 valence electrons. The van der Waals surface area contributed by atoms with E-state index in [0.29, 0.717) is 0 Å². The molecule has 0 aliphatic rings. The van der Waals surface area contributed by atoms with Crippen molar-refractivity contribution in [1.82, 2.24) is 0 Å². The third-order valence-corrected chi connectivity index (χ3v) is 4.54. The maximum atomic E-state index is 12.6. The summed E-state index contributed by atoms with van der Waals surface area (Å²) < 4.78 is 17.1. The summed E-state index contributed by atoms with van der Waals surface area (Å²) in [6.45, 7) is 2.00. The summed E-state index contributed by atoms with van der Waals surface area (Å²) in [7, 11) is 0. The summed E-state index contributed by atoms with van der Waals surface area (Å²) in [6.07, 6.45) is 3.77. The summed E-state index contributed by atoms with van der Waals surface area (Å²) in [4.78, 5) is 12.6. The normalized spacial score (nSPS) is 12.1. The minimum Gasteiger partial charge on any atom is -0.467 e. The van der Waals surface area contributed by atoms with E-state index in [1.54, 1.807) is 6.26 Å². The van der Waals surface area contributed by atoms with E-state index in [9.17, 15) is 4.79 Å². The van der Waals surface area contributed by atoms with Crippen LogP contribution in [0.2, 0.25) is 0 Å². The molecule has 3 aromatic rings. The van der Waals surface area contributed by atoms with Crippen molar-refractivity contribution < 1.29 is 18.7 Å². The molecule has 0 fully saturated rings. The third kappa shape index (κ3) is 5.57. The van der Waals surface area contributed by atoms with Crippen LogP contribution in [-0.2, 0) is 14.3 Å². The molecule has 0 bridgehead atoms. The van der Waals surface area contributed by atoms with Crippen molar-refractivity contribution in [2.75, 3.05) is 6.61 Å². The first-order valence-electron chi connectivity index (χ1n) is 9.72. The van der Waals surface area contributed by atoms with Gasteiger partial charge in [-0.25, -0.2) is 4.79 Å². The van der Waals surface area contributed by atoms with Crippen LogP contribution < -0.4 is 0 Å². The van der Waals surface area contributed by atoms with Gasteiger partial charge in [-0.05, 0) is 29.7 Å². The number of ether oxygens (including phenoxy) is 2. The van der Waals surface area contributed by atoms with E-state index in [1.165, 1.54) is 0 Å². The highest BCUT2D eigenvalue weighted by atomic mass is 16.6. The van der Waals surface area contributed by atoms with Crippen molar-refractivity contribution in [3.8, 4) is 0 Å². The van der Waals surface area contributed by atoms with Crippen molar-refractivity contribution in [3.05, 3.63) is 95.9 Å². The van der Waals surface area contributed by atoms with Crippen molar-refractivity contribution in [2.24, 2.45) is 0 Å². The Morgan fingerprint density at radius 1 is 0.929 bits per heavy atom. The number of unbranched alkanes of at least 4 members (excludes halogenated alkanes) is 1. The predicted octanol–water partition coefficient (Wildman–Crippen LogP) is 5.86. The van der Waals surface area contributed by atoms with Crippen LogP contribution in [0.1, 0.15) is 55.3 Å². The van der Waals surface area contributed by atoms with Crippen LogP contribution >= 0.6 is 0 Å². The lowest BCUT2D eigenvalue weighted by Gasteiger charge is -2.20. The summed E-state index contributed by atoms with van der Waals surface area (Å²) in [5.74, 6) is 0.342. The summed E-state index contributed by atoms with van der Waals surface area (Å²) >= 11 is 0. The average molecular weight is 378 g/mol. The highest BCUT2D eigenvalue weighted by Gasteiger charge is 2.21. The first kappa shape index (κ1) is 19.9. The zero-order chi connectivity index (χ0) is 19.6. The van der Waals surface area contributed by atoms with Crippen LogP contribution in [0.3, 0.4) is 0 Å². The van der Waals surface area contributed by atoms with Crippen LogP contribution in [0, 0.1) is 0 Å². The Morgan fingerprint density at radius 3 is 2.11 bits per heavy atom. The predicted molar refractivity (Wildman–Crippen MR) is 108 cm³/mol. The first-order valence-corrected chi connectivity index (χ1v) is 9.72. The van der Waals surface area contributed by atoms with Gasteiger partial charge in [0.1, 0.15) is 18.5 Å². The van der Waals surface area contributed by atoms with Gasteiger partial charge in [-0.1, -0.05) is 80.4 Å². The molecule has 3 rings (SSSR count). The average Bonchev–Trinajstić information content (AvgIpc) is 3.28. The number of esters is 1. The second-order valence-electron chi connectivity index (χ2n) is 6.65. The number of rotatable bonds is 10. The molecule has 2 aromatic carbocycles. The van der Waals surface area contributed by atoms with E-state index in [1.807, 2.05) is 72.8 Å². The van der Waals surface area contributed by atoms with Crippen molar-refractivity contribution in [3.63, 3.8) is 0 Å². The zero-order valence-electron chi connectivity index (χ0n) is 16.1. The Kier molecular flexibility index (Phi) is 7.44. The summed E-state index contributed by atoms with van der Waals surface area (Å²) in [5.41, 5.74) is 1.85. The van der Waals surface area contributed by atoms with E-state index in [4.69, 9.17) is 13.9 Å². The van der Waals surface area contributed by atoms with Gasteiger partial charge in [-0.3, -0.25) is 0 Å². The number of benzene rings is 2. The lowest BCUT2D eigenvalue weighted by atomic mass is 10.0. The lowest BCUT2D eigenvalue weighted by Crippen LogP contribution is -2.19. The van der Waals surface area contributed by atoms with E-state index >= 15 is 0 Å². The second-order valence-corrected chi connectivity index (χ2v) is 6.65. The minimum absolute atomic E-state index is 0.120. The highest BCUT2D eigenvalue weighted by Crippen LogP contribution is 2.27. The Bertz CT molecular complexity index is 773. The molecule has 0 radical (unpaired) electrons. The van der Waals surface area contributed by atoms with Gasteiger partial charge in [0.05, 0.1) is 6.26 Å². The molecule has 4 nitrogen and oxygen atoms in total. The monoisotopic (exact) mass is 378 g/mol. The van der Waals surface area contributed by atoms with Gasteiger partial charge < -0.3 is 13.9 Å². The Hall–Kier alpha value is -2.85. The maximum absolute atomic E-state index is 12.6. The van der Waals surface area contributed by atoms with Crippen molar-refractivity contribution in [2.45, 2.75) is 38.4 Å². The molecular formula is C24H26O4. The van der Waals surface area contributed by atoms with E-state index in [-0.39, 0.29) is 12.7 Å². The molecule has 0 N–H and O–H groups in total. The van der Waals surface area contributed by atoms with Gasteiger partial charge in [0.2, 0.25) is 0 Å². The molecule has 4 heteroatoms. The molecule has 1 heterocycles. The minimum atomic E-state index is -0.462. The second kappa shape index (κ2) is 10.5. The van der Waals surface area contributed by atoms with Crippen LogP contribution in [-0.4, -0.2) is 12.6 Å². The highest BCUT2D eigenvalue weighted by molar-refractivity contribution is 5.71. The van der Waals surface area contributed by atoms with Crippen molar-refractivity contribution >= 4 is 5.97 Å². The number of hydrogen-bond acceptors (Lipinski definition) is 4. The lowest BCUT2D eigenvalue weighted by molar-refractivity contribution is -0.155. The smallest absolute Gasteiger partial charge is 0.333 e. The van der Waals surface area contributed by atoms with Crippen molar-refractivity contribution in [1.29, 1.82) is 0 Å². The Balaban J connectivity index is 1.66. The third-order valence-electron chi connectivity index (χ3n) is 4.54. The molecule has 0 spiro atoms. The fourth-order valence-corrected chi connectivity index (χ4v) is 3.09. The van der Waals surface area contributed by atoms with E-state index in [2.05, 4.69) is 6.92 Å².